The van der Waals surface area contributed by atoms with E-state index in [-0.39, 0.29) is 20.5 Å². The number of sulfonamides is 1. The zero-order valence-electron chi connectivity index (χ0n) is 9.78. The van der Waals surface area contributed by atoms with Crippen LogP contribution in [-0.4, -0.2) is 32.8 Å². The van der Waals surface area contributed by atoms with Crippen LogP contribution in [0.1, 0.15) is 17.3 Å². The van der Waals surface area contributed by atoms with Gasteiger partial charge in [-0.2, -0.15) is 0 Å². The van der Waals surface area contributed by atoms with Gasteiger partial charge >= 0.3 is 0 Å². The molecule has 0 saturated heterocycles. The van der Waals surface area contributed by atoms with Crippen LogP contribution in [0, 0.1) is 0 Å². The van der Waals surface area contributed by atoms with Crippen molar-refractivity contribution in [2.45, 2.75) is 11.8 Å². The Kier molecular flexibility index (Phi) is 4.61. The molecule has 1 rings (SSSR count). The van der Waals surface area contributed by atoms with Crippen LogP contribution in [0.4, 0.5) is 0 Å². The summed E-state index contributed by atoms with van der Waals surface area (Å²) in [6.07, 6.45) is 0. The van der Waals surface area contributed by atoms with Gasteiger partial charge in [-0.05, 0) is 19.1 Å². The minimum atomic E-state index is -4.00. The van der Waals surface area contributed by atoms with Crippen molar-refractivity contribution in [1.82, 2.24) is 4.90 Å². The van der Waals surface area contributed by atoms with Crippen molar-refractivity contribution in [1.29, 1.82) is 0 Å². The third-order valence-electron chi connectivity index (χ3n) is 2.38. The molecule has 0 radical (unpaired) electrons. The molecule has 1 aromatic carbocycles. The van der Waals surface area contributed by atoms with Crippen LogP contribution >= 0.6 is 23.2 Å². The van der Waals surface area contributed by atoms with E-state index in [1.807, 2.05) is 0 Å². The summed E-state index contributed by atoms with van der Waals surface area (Å²) < 4.78 is 22.6. The molecule has 0 aliphatic rings. The van der Waals surface area contributed by atoms with Crippen LogP contribution in [0.15, 0.2) is 17.0 Å². The van der Waals surface area contributed by atoms with Crippen molar-refractivity contribution in [2.75, 3.05) is 13.6 Å². The molecular weight excluding hydrogens is 299 g/mol. The minimum absolute atomic E-state index is 0.0504. The summed E-state index contributed by atoms with van der Waals surface area (Å²) in [7, 11) is -2.43. The normalized spacial score (nSPS) is 11.4. The fraction of sp³-hybridized carbons (Fsp3) is 0.300. The molecule has 0 aromatic heterocycles. The fourth-order valence-electron chi connectivity index (χ4n) is 1.26. The van der Waals surface area contributed by atoms with E-state index in [4.69, 9.17) is 28.3 Å². The predicted octanol–water partition coefficient (Wildman–Crippen LogP) is 1.73. The van der Waals surface area contributed by atoms with Crippen molar-refractivity contribution in [2.24, 2.45) is 5.14 Å². The summed E-state index contributed by atoms with van der Waals surface area (Å²) in [4.78, 5) is 13.0. The fourth-order valence-corrected chi connectivity index (χ4v) is 2.66. The highest BCUT2D eigenvalue weighted by Crippen LogP contribution is 2.28. The van der Waals surface area contributed by atoms with Crippen LogP contribution in [-0.2, 0) is 10.0 Å². The van der Waals surface area contributed by atoms with Gasteiger partial charge in [-0.25, -0.2) is 13.6 Å². The lowest BCUT2D eigenvalue weighted by atomic mass is 10.2. The lowest BCUT2D eigenvalue weighted by molar-refractivity contribution is 0.0802. The summed E-state index contributed by atoms with van der Waals surface area (Å²) in [6.45, 7) is 2.24. The number of benzene rings is 1. The molecule has 1 aromatic rings. The number of carbonyl (C=O) groups excluding carboxylic acids is 1. The molecule has 0 atom stereocenters. The highest BCUT2D eigenvalue weighted by Gasteiger charge is 2.21. The second-order valence-electron chi connectivity index (χ2n) is 3.63. The van der Waals surface area contributed by atoms with E-state index in [9.17, 15) is 13.2 Å². The Morgan fingerprint density at radius 1 is 1.33 bits per heavy atom. The second kappa shape index (κ2) is 5.44. The molecule has 8 heteroatoms. The molecule has 0 aliphatic heterocycles. The van der Waals surface area contributed by atoms with E-state index in [0.29, 0.717) is 6.54 Å². The Hall–Kier alpha value is -0.820. The number of hydrogen-bond acceptors (Lipinski definition) is 3. The lowest BCUT2D eigenvalue weighted by Crippen LogP contribution is -2.27. The standard InChI is InChI=1S/C10H12Cl2N2O3S/c1-3-14(2)10(15)6-4-9(18(13,16)17)8(12)5-7(6)11/h4-5H,3H2,1-2H3,(H2,13,16,17). The lowest BCUT2D eigenvalue weighted by Gasteiger charge is -2.16. The number of halogens is 2. The third-order valence-corrected chi connectivity index (χ3v) is 4.07. The van der Waals surface area contributed by atoms with Crippen molar-refractivity contribution in [3.63, 3.8) is 0 Å². The van der Waals surface area contributed by atoms with Crippen LogP contribution in [0.5, 0.6) is 0 Å². The number of carbonyl (C=O) groups is 1. The smallest absolute Gasteiger partial charge is 0.255 e. The van der Waals surface area contributed by atoms with Gasteiger partial charge in [0.25, 0.3) is 5.91 Å². The SMILES string of the molecule is CCN(C)C(=O)c1cc(S(N)(=O)=O)c(Cl)cc1Cl. The van der Waals surface area contributed by atoms with Gasteiger partial charge in [0.15, 0.2) is 0 Å². The van der Waals surface area contributed by atoms with Gasteiger partial charge in [0.2, 0.25) is 10.0 Å². The van der Waals surface area contributed by atoms with E-state index in [1.54, 1.807) is 14.0 Å². The molecule has 100 valence electrons. The van der Waals surface area contributed by atoms with Gasteiger partial charge in [0.1, 0.15) is 4.90 Å². The van der Waals surface area contributed by atoms with Crippen LogP contribution in [0.3, 0.4) is 0 Å². The Morgan fingerprint density at radius 2 is 1.89 bits per heavy atom. The van der Waals surface area contributed by atoms with E-state index in [2.05, 4.69) is 0 Å². The zero-order valence-corrected chi connectivity index (χ0v) is 12.1. The van der Waals surface area contributed by atoms with Gasteiger partial charge in [-0.15, -0.1) is 0 Å². The summed E-state index contributed by atoms with van der Waals surface area (Å²) in [6, 6.07) is 2.29. The van der Waals surface area contributed by atoms with E-state index >= 15 is 0 Å². The average Bonchev–Trinajstić information content (AvgIpc) is 2.25. The molecule has 0 aliphatic carbocycles. The van der Waals surface area contributed by atoms with Crippen LogP contribution in [0.25, 0.3) is 0 Å². The maximum Gasteiger partial charge on any atom is 0.255 e. The number of nitrogens with two attached hydrogens (primary N) is 1. The second-order valence-corrected chi connectivity index (χ2v) is 5.97. The Morgan fingerprint density at radius 3 is 2.33 bits per heavy atom. The van der Waals surface area contributed by atoms with Crippen molar-refractivity contribution in [3.05, 3.63) is 27.7 Å². The van der Waals surface area contributed by atoms with Gasteiger partial charge < -0.3 is 4.90 Å². The summed E-state index contributed by atoms with van der Waals surface area (Å²) in [5, 5.41) is 4.97. The van der Waals surface area contributed by atoms with Gasteiger partial charge in [0, 0.05) is 13.6 Å². The highest BCUT2D eigenvalue weighted by molar-refractivity contribution is 7.89. The zero-order chi connectivity index (χ0) is 14.1. The molecule has 1 amide bonds. The molecule has 0 bridgehead atoms. The molecule has 0 fully saturated rings. The Labute approximate surface area is 116 Å². The quantitative estimate of drug-likeness (QED) is 0.923. The molecule has 5 nitrogen and oxygen atoms in total. The molecule has 0 heterocycles. The summed E-state index contributed by atoms with van der Waals surface area (Å²) in [5.41, 5.74) is 0.0504. The third kappa shape index (κ3) is 3.14. The van der Waals surface area contributed by atoms with Crippen molar-refractivity contribution in [3.8, 4) is 0 Å². The van der Waals surface area contributed by atoms with E-state index in [1.165, 1.54) is 11.0 Å². The molecule has 0 unspecified atom stereocenters. The number of hydrogen-bond donors (Lipinski definition) is 1. The largest absolute Gasteiger partial charge is 0.342 e. The van der Waals surface area contributed by atoms with Crippen molar-refractivity contribution < 1.29 is 13.2 Å². The minimum Gasteiger partial charge on any atom is -0.342 e. The maximum absolute atomic E-state index is 11.9. The topological polar surface area (TPSA) is 80.5 Å². The monoisotopic (exact) mass is 310 g/mol. The van der Waals surface area contributed by atoms with Crippen LogP contribution in [0.2, 0.25) is 10.0 Å². The molecule has 18 heavy (non-hydrogen) atoms. The number of primary sulfonamides is 1. The first-order valence-corrected chi connectivity index (χ1v) is 7.26. The van der Waals surface area contributed by atoms with Crippen molar-refractivity contribution >= 4 is 39.1 Å². The number of rotatable bonds is 3. The molecule has 0 spiro atoms. The first-order chi connectivity index (χ1) is 8.18. The first kappa shape index (κ1) is 15.2. The van der Waals surface area contributed by atoms with Crippen LogP contribution < -0.4 is 5.14 Å². The van der Waals surface area contributed by atoms with E-state index < -0.39 is 15.9 Å². The van der Waals surface area contributed by atoms with Gasteiger partial charge in [0.05, 0.1) is 15.6 Å². The average molecular weight is 311 g/mol. The Bertz CT molecular complexity index is 587. The highest BCUT2D eigenvalue weighted by atomic mass is 35.5. The molecular formula is C10H12Cl2N2O3S. The summed E-state index contributed by atoms with van der Waals surface area (Å²) in [5.74, 6) is -0.399. The Balaban J connectivity index is 3.44. The predicted molar refractivity (Wildman–Crippen MR) is 70.5 cm³/mol. The first-order valence-electron chi connectivity index (χ1n) is 4.95. The molecule has 0 saturated carbocycles. The molecule has 2 N–H and O–H groups in total. The number of nitrogens with zero attached hydrogens (tertiary/aromatic N) is 1. The summed E-state index contributed by atoms with van der Waals surface area (Å²) >= 11 is 11.6. The van der Waals surface area contributed by atoms with E-state index in [0.717, 1.165) is 6.07 Å². The number of amides is 1. The maximum atomic E-state index is 11.9. The van der Waals surface area contributed by atoms with Gasteiger partial charge in [-0.1, -0.05) is 23.2 Å². The van der Waals surface area contributed by atoms with Gasteiger partial charge in [-0.3, -0.25) is 4.79 Å².